The quantitative estimate of drug-likeness (QED) is 0.764. The molecule has 1 aromatic rings. The molecular weight excluding hydrogens is 242 g/mol. The number of carbonyl (C=O) groups excluding carboxylic acids is 1. The molecule has 0 saturated heterocycles. The number of hydrogen-bond acceptors (Lipinski definition) is 2. The molecule has 0 radical (unpaired) electrons. The van der Waals surface area contributed by atoms with Crippen molar-refractivity contribution in [3.05, 3.63) is 35.9 Å². The molecule has 4 nitrogen and oxygen atoms in total. The number of benzene rings is 1. The van der Waals surface area contributed by atoms with Gasteiger partial charge in [0.15, 0.2) is 0 Å². The maximum atomic E-state index is 11.8. The van der Waals surface area contributed by atoms with E-state index in [0.717, 1.165) is 18.4 Å². The molecule has 1 N–H and O–H groups in total. The summed E-state index contributed by atoms with van der Waals surface area (Å²) in [4.78, 5) is 24.7. The van der Waals surface area contributed by atoms with Crippen LogP contribution >= 0.6 is 0 Å². The molecule has 1 unspecified atom stereocenters. The fourth-order valence-electron chi connectivity index (χ4n) is 2.56. The fourth-order valence-corrected chi connectivity index (χ4v) is 2.56. The highest BCUT2D eigenvalue weighted by Crippen LogP contribution is 2.35. The molecule has 1 atom stereocenters. The minimum atomic E-state index is -1.12. The van der Waals surface area contributed by atoms with Crippen LogP contribution in [0.3, 0.4) is 0 Å². The van der Waals surface area contributed by atoms with Crippen LogP contribution in [0, 0.1) is 0 Å². The Balaban J connectivity index is 2.33. The Hall–Kier alpha value is -1.84. The summed E-state index contributed by atoms with van der Waals surface area (Å²) in [6, 6.07) is 9.58. The summed E-state index contributed by atoms with van der Waals surface area (Å²) in [6.45, 7) is 1.83. The van der Waals surface area contributed by atoms with Gasteiger partial charge in [0, 0.05) is 12.5 Å². The Bertz CT molecular complexity index is 456. The Morgan fingerprint density at radius 1 is 1.42 bits per heavy atom. The van der Waals surface area contributed by atoms with Gasteiger partial charge in [-0.1, -0.05) is 37.3 Å². The summed E-state index contributed by atoms with van der Waals surface area (Å²) >= 11 is 0. The van der Waals surface area contributed by atoms with Crippen molar-refractivity contribution in [2.24, 2.45) is 0 Å². The standard InChI is InChI=1S/C15H19NO3/c1-2-15(14(18)19,16(11-17)13-8-9-13)10-12-6-4-3-5-7-12/h3-7,11,13H,2,8-10H2,1H3,(H,18,19). The number of carbonyl (C=O) groups is 2. The molecule has 2 rings (SSSR count). The van der Waals surface area contributed by atoms with Crippen LogP contribution in [0.2, 0.25) is 0 Å². The van der Waals surface area contributed by atoms with Gasteiger partial charge in [-0.3, -0.25) is 4.79 Å². The first-order valence-corrected chi connectivity index (χ1v) is 6.65. The third-order valence-corrected chi connectivity index (χ3v) is 3.87. The van der Waals surface area contributed by atoms with Crippen LogP contribution in [-0.4, -0.2) is 34.0 Å². The molecule has 1 amide bonds. The van der Waals surface area contributed by atoms with Crippen molar-refractivity contribution >= 4 is 12.4 Å². The molecule has 1 fully saturated rings. The molecule has 0 spiro atoms. The number of aliphatic carboxylic acids is 1. The average molecular weight is 261 g/mol. The van der Waals surface area contributed by atoms with Crippen molar-refractivity contribution in [2.75, 3.05) is 0 Å². The summed E-state index contributed by atoms with van der Waals surface area (Å²) in [5.41, 5.74) is -0.177. The van der Waals surface area contributed by atoms with Gasteiger partial charge in [0.1, 0.15) is 5.54 Å². The zero-order valence-corrected chi connectivity index (χ0v) is 11.1. The Morgan fingerprint density at radius 2 is 2.05 bits per heavy atom. The first-order valence-electron chi connectivity index (χ1n) is 6.65. The van der Waals surface area contributed by atoms with Crippen LogP contribution in [0.25, 0.3) is 0 Å². The lowest BCUT2D eigenvalue weighted by atomic mass is 9.86. The van der Waals surface area contributed by atoms with Crippen molar-refractivity contribution in [3.63, 3.8) is 0 Å². The van der Waals surface area contributed by atoms with E-state index in [4.69, 9.17) is 0 Å². The van der Waals surface area contributed by atoms with E-state index in [9.17, 15) is 14.7 Å². The maximum Gasteiger partial charge on any atom is 0.329 e. The first kappa shape index (κ1) is 13.6. The minimum Gasteiger partial charge on any atom is -0.479 e. The van der Waals surface area contributed by atoms with Crippen LogP contribution in [0.4, 0.5) is 0 Å². The minimum absolute atomic E-state index is 0.0947. The smallest absolute Gasteiger partial charge is 0.329 e. The molecule has 4 heteroatoms. The number of nitrogens with zero attached hydrogens (tertiary/aromatic N) is 1. The molecular formula is C15H19NO3. The number of rotatable bonds is 7. The van der Waals surface area contributed by atoms with Crippen LogP contribution in [-0.2, 0) is 16.0 Å². The molecule has 1 saturated carbocycles. The van der Waals surface area contributed by atoms with Crippen molar-refractivity contribution in [2.45, 2.75) is 44.2 Å². The lowest BCUT2D eigenvalue weighted by Gasteiger charge is -2.38. The number of amides is 1. The van der Waals surface area contributed by atoms with E-state index in [1.807, 2.05) is 37.3 Å². The number of carboxylic acids is 1. The molecule has 0 heterocycles. The SMILES string of the molecule is CCC(Cc1ccccc1)(C(=O)O)N(C=O)C1CC1. The van der Waals surface area contributed by atoms with Gasteiger partial charge in [-0.25, -0.2) is 4.79 Å². The van der Waals surface area contributed by atoms with Gasteiger partial charge in [0.25, 0.3) is 0 Å². The largest absolute Gasteiger partial charge is 0.479 e. The Labute approximate surface area is 113 Å². The van der Waals surface area contributed by atoms with Crippen molar-refractivity contribution in [3.8, 4) is 0 Å². The molecule has 102 valence electrons. The van der Waals surface area contributed by atoms with Gasteiger partial charge < -0.3 is 10.0 Å². The first-order chi connectivity index (χ1) is 9.14. The second-order valence-corrected chi connectivity index (χ2v) is 5.10. The normalized spacial score (nSPS) is 17.5. The Morgan fingerprint density at radius 3 is 2.47 bits per heavy atom. The maximum absolute atomic E-state index is 11.8. The summed E-state index contributed by atoms with van der Waals surface area (Å²) in [5.74, 6) is -0.919. The summed E-state index contributed by atoms with van der Waals surface area (Å²) in [5, 5.41) is 9.66. The van der Waals surface area contributed by atoms with Crippen molar-refractivity contribution in [1.82, 2.24) is 4.90 Å². The molecule has 0 aliphatic heterocycles. The fraction of sp³-hybridized carbons (Fsp3) is 0.467. The van der Waals surface area contributed by atoms with E-state index in [-0.39, 0.29) is 6.04 Å². The topological polar surface area (TPSA) is 57.6 Å². The lowest BCUT2D eigenvalue weighted by Crippen LogP contribution is -2.56. The number of hydrogen-bond donors (Lipinski definition) is 1. The van der Waals surface area contributed by atoms with Gasteiger partial charge in [-0.2, -0.15) is 0 Å². The van der Waals surface area contributed by atoms with Crippen LogP contribution in [0.5, 0.6) is 0 Å². The van der Waals surface area contributed by atoms with E-state index in [1.54, 1.807) is 0 Å². The van der Waals surface area contributed by atoms with Crippen LogP contribution in [0.1, 0.15) is 31.7 Å². The zero-order valence-electron chi connectivity index (χ0n) is 11.1. The molecule has 0 aromatic heterocycles. The van der Waals surface area contributed by atoms with E-state index < -0.39 is 11.5 Å². The van der Waals surface area contributed by atoms with Gasteiger partial charge in [0.05, 0.1) is 0 Å². The third kappa shape index (κ3) is 2.62. The van der Waals surface area contributed by atoms with Crippen molar-refractivity contribution < 1.29 is 14.7 Å². The van der Waals surface area contributed by atoms with Crippen LogP contribution < -0.4 is 0 Å². The predicted molar refractivity (Wildman–Crippen MR) is 71.7 cm³/mol. The molecule has 1 aliphatic carbocycles. The van der Waals surface area contributed by atoms with Crippen LogP contribution in [0.15, 0.2) is 30.3 Å². The lowest BCUT2D eigenvalue weighted by molar-refractivity contribution is -0.156. The van der Waals surface area contributed by atoms with Gasteiger partial charge in [0.2, 0.25) is 6.41 Å². The van der Waals surface area contributed by atoms with Gasteiger partial charge >= 0.3 is 5.97 Å². The van der Waals surface area contributed by atoms with E-state index in [1.165, 1.54) is 4.90 Å². The highest BCUT2D eigenvalue weighted by atomic mass is 16.4. The number of carboxylic acid groups (broad SMARTS) is 1. The Kier molecular flexibility index (Phi) is 3.88. The molecule has 1 aliphatic rings. The summed E-state index contributed by atoms with van der Waals surface area (Å²) < 4.78 is 0. The predicted octanol–water partition coefficient (Wildman–Crippen LogP) is 2.08. The highest BCUT2D eigenvalue weighted by Gasteiger charge is 2.48. The highest BCUT2D eigenvalue weighted by molar-refractivity contribution is 5.82. The van der Waals surface area contributed by atoms with Gasteiger partial charge in [-0.05, 0) is 24.8 Å². The summed E-state index contributed by atoms with van der Waals surface area (Å²) in [7, 11) is 0. The van der Waals surface area contributed by atoms with Gasteiger partial charge in [-0.15, -0.1) is 0 Å². The van der Waals surface area contributed by atoms with E-state index in [2.05, 4.69) is 0 Å². The monoisotopic (exact) mass is 261 g/mol. The summed E-state index contributed by atoms with van der Waals surface area (Å²) in [6.07, 6.45) is 3.28. The average Bonchev–Trinajstić information content (AvgIpc) is 3.23. The molecule has 0 bridgehead atoms. The molecule has 19 heavy (non-hydrogen) atoms. The zero-order chi connectivity index (χ0) is 13.9. The van der Waals surface area contributed by atoms with E-state index >= 15 is 0 Å². The second kappa shape index (κ2) is 5.43. The van der Waals surface area contributed by atoms with E-state index in [0.29, 0.717) is 19.3 Å². The second-order valence-electron chi connectivity index (χ2n) is 5.10. The third-order valence-electron chi connectivity index (χ3n) is 3.87. The molecule has 1 aromatic carbocycles. The van der Waals surface area contributed by atoms with Crippen molar-refractivity contribution in [1.29, 1.82) is 0 Å².